The lowest BCUT2D eigenvalue weighted by molar-refractivity contribution is -0.137. The molecule has 0 bridgehead atoms. The predicted octanol–water partition coefficient (Wildman–Crippen LogP) is 0.589. The summed E-state index contributed by atoms with van der Waals surface area (Å²) in [6.07, 6.45) is -2.18. The molecule has 0 aromatic carbocycles. The number of carbonyl (C=O) groups is 1. The van der Waals surface area contributed by atoms with Crippen molar-refractivity contribution in [2.24, 2.45) is 11.8 Å². The highest BCUT2D eigenvalue weighted by atomic mass is 16.3. The van der Waals surface area contributed by atoms with Crippen LogP contribution >= 0.6 is 0 Å². The highest BCUT2D eigenvalue weighted by molar-refractivity contribution is 5.85. The Labute approximate surface area is 73.4 Å². The minimum absolute atomic E-state index is 0.0947. The van der Waals surface area contributed by atoms with Crippen LogP contribution in [0.25, 0.3) is 0 Å². The maximum Gasteiger partial charge on any atom is 0.166 e. The van der Waals surface area contributed by atoms with Gasteiger partial charge in [0.2, 0.25) is 0 Å². The van der Waals surface area contributed by atoms with E-state index in [1.54, 1.807) is 27.7 Å². The number of aliphatic hydroxyl groups is 2. The zero-order valence-electron chi connectivity index (χ0n) is 8.11. The molecule has 0 aromatic rings. The van der Waals surface area contributed by atoms with E-state index in [-0.39, 0.29) is 17.6 Å². The molecule has 0 saturated heterocycles. The van der Waals surface area contributed by atoms with Crippen molar-refractivity contribution >= 4 is 5.78 Å². The van der Waals surface area contributed by atoms with Gasteiger partial charge >= 0.3 is 0 Å². The zero-order valence-corrected chi connectivity index (χ0v) is 8.11. The summed E-state index contributed by atoms with van der Waals surface area (Å²) in [5.41, 5.74) is 0. The molecule has 3 nitrogen and oxygen atoms in total. The molecule has 0 fully saturated rings. The molecule has 2 atom stereocenters. The molecule has 3 heteroatoms. The van der Waals surface area contributed by atoms with Gasteiger partial charge in [0, 0.05) is 5.92 Å². The summed E-state index contributed by atoms with van der Waals surface area (Å²) in [5, 5.41) is 18.7. The molecule has 0 unspecified atom stereocenters. The SMILES string of the molecule is CC(C)C(=O)[C@H](O)[C@@H](O)C(C)C. The van der Waals surface area contributed by atoms with Crippen LogP contribution in [0, 0.1) is 11.8 Å². The number of hydrogen-bond acceptors (Lipinski definition) is 3. The van der Waals surface area contributed by atoms with Gasteiger partial charge in [0.15, 0.2) is 5.78 Å². The predicted molar refractivity (Wildman–Crippen MR) is 46.7 cm³/mol. The van der Waals surface area contributed by atoms with Crippen molar-refractivity contribution in [1.82, 2.24) is 0 Å². The highest BCUT2D eigenvalue weighted by Gasteiger charge is 2.27. The summed E-state index contributed by atoms with van der Waals surface area (Å²) in [5.74, 6) is -0.618. The van der Waals surface area contributed by atoms with Crippen molar-refractivity contribution in [1.29, 1.82) is 0 Å². The quantitative estimate of drug-likeness (QED) is 0.655. The number of rotatable bonds is 4. The Balaban J connectivity index is 4.19. The average molecular weight is 174 g/mol. The average Bonchev–Trinajstić information content (AvgIpc) is 2.00. The minimum Gasteiger partial charge on any atom is -0.390 e. The first kappa shape index (κ1) is 11.6. The molecule has 0 radical (unpaired) electrons. The van der Waals surface area contributed by atoms with E-state index in [0.29, 0.717) is 0 Å². The molecule has 2 N–H and O–H groups in total. The normalized spacial score (nSPS) is 16.7. The highest BCUT2D eigenvalue weighted by Crippen LogP contribution is 2.10. The smallest absolute Gasteiger partial charge is 0.166 e. The van der Waals surface area contributed by atoms with Gasteiger partial charge in [-0.1, -0.05) is 27.7 Å². The fourth-order valence-corrected chi connectivity index (χ4v) is 0.874. The van der Waals surface area contributed by atoms with Crippen LogP contribution in [-0.4, -0.2) is 28.2 Å². The largest absolute Gasteiger partial charge is 0.390 e. The number of ketones is 1. The Morgan fingerprint density at radius 3 is 1.75 bits per heavy atom. The van der Waals surface area contributed by atoms with Crippen molar-refractivity contribution in [3.05, 3.63) is 0 Å². The van der Waals surface area contributed by atoms with Crippen molar-refractivity contribution < 1.29 is 15.0 Å². The van der Waals surface area contributed by atoms with Crippen LogP contribution in [-0.2, 0) is 4.79 Å². The van der Waals surface area contributed by atoms with Gasteiger partial charge in [-0.3, -0.25) is 4.79 Å². The number of aliphatic hydroxyl groups excluding tert-OH is 2. The summed E-state index contributed by atoms with van der Waals surface area (Å²) in [6, 6.07) is 0. The molecule has 0 rings (SSSR count). The fraction of sp³-hybridized carbons (Fsp3) is 0.889. The lowest BCUT2D eigenvalue weighted by atomic mass is 9.94. The maximum absolute atomic E-state index is 11.2. The van der Waals surface area contributed by atoms with Crippen LogP contribution < -0.4 is 0 Å². The second-order valence-corrected chi connectivity index (χ2v) is 3.74. The Kier molecular flexibility index (Phi) is 4.42. The lowest BCUT2D eigenvalue weighted by Crippen LogP contribution is -2.39. The van der Waals surface area contributed by atoms with Gasteiger partial charge in [0.05, 0.1) is 6.10 Å². The van der Waals surface area contributed by atoms with Crippen LogP contribution in [0.2, 0.25) is 0 Å². The number of carbonyl (C=O) groups excluding carboxylic acids is 1. The first-order valence-corrected chi connectivity index (χ1v) is 4.27. The molecule has 0 aliphatic heterocycles. The van der Waals surface area contributed by atoms with E-state index >= 15 is 0 Å². The molecule has 0 aliphatic rings. The first-order chi connectivity index (χ1) is 5.37. The molecular formula is C9H18O3. The van der Waals surface area contributed by atoms with Crippen molar-refractivity contribution in [2.45, 2.75) is 39.9 Å². The second kappa shape index (κ2) is 4.58. The van der Waals surface area contributed by atoms with Crippen LogP contribution in [0.15, 0.2) is 0 Å². The molecular weight excluding hydrogens is 156 g/mol. The molecule has 0 aromatic heterocycles. The molecule has 12 heavy (non-hydrogen) atoms. The summed E-state index contributed by atoms with van der Waals surface area (Å²) >= 11 is 0. The topological polar surface area (TPSA) is 57.5 Å². The van der Waals surface area contributed by atoms with E-state index < -0.39 is 12.2 Å². The molecule has 72 valence electrons. The monoisotopic (exact) mass is 174 g/mol. The summed E-state index contributed by atoms with van der Waals surface area (Å²) in [7, 11) is 0. The van der Waals surface area contributed by atoms with Gasteiger partial charge in [-0.25, -0.2) is 0 Å². The number of hydrogen-bond donors (Lipinski definition) is 2. The summed E-state index contributed by atoms with van der Waals surface area (Å²) in [6.45, 7) is 6.94. The maximum atomic E-state index is 11.2. The third kappa shape index (κ3) is 2.91. The number of Topliss-reactive ketones (excluding diaryl/α,β-unsaturated/α-hetero) is 1. The van der Waals surface area contributed by atoms with Gasteiger partial charge in [-0.2, -0.15) is 0 Å². The van der Waals surface area contributed by atoms with E-state index in [0.717, 1.165) is 0 Å². The van der Waals surface area contributed by atoms with Crippen molar-refractivity contribution in [2.75, 3.05) is 0 Å². The second-order valence-electron chi connectivity index (χ2n) is 3.74. The summed E-state index contributed by atoms with van der Waals surface area (Å²) < 4.78 is 0. The van der Waals surface area contributed by atoms with E-state index in [1.807, 2.05) is 0 Å². The van der Waals surface area contributed by atoms with Crippen LogP contribution in [0.5, 0.6) is 0 Å². The standard InChI is InChI=1S/C9H18O3/c1-5(2)7(10)9(12)8(11)6(3)4/h5-7,9-10,12H,1-4H3/t7-,9+/m0/s1. The minimum atomic E-state index is -1.23. The third-order valence-electron chi connectivity index (χ3n) is 1.87. The fourth-order valence-electron chi connectivity index (χ4n) is 0.874. The third-order valence-corrected chi connectivity index (χ3v) is 1.87. The molecule has 0 heterocycles. The van der Waals surface area contributed by atoms with Crippen molar-refractivity contribution in [3.63, 3.8) is 0 Å². The van der Waals surface area contributed by atoms with Crippen LogP contribution in [0.4, 0.5) is 0 Å². The Bertz CT molecular complexity index is 152. The molecule has 0 saturated carbocycles. The van der Waals surface area contributed by atoms with Gasteiger partial charge < -0.3 is 10.2 Å². The Hall–Kier alpha value is -0.410. The van der Waals surface area contributed by atoms with E-state index in [1.165, 1.54) is 0 Å². The van der Waals surface area contributed by atoms with E-state index in [4.69, 9.17) is 0 Å². The summed E-state index contributed by atoms with van der Waals surface area (Å²) in [4.78, 5) is 11.2. The van der Waals surface area contributed by atoms with Gasteiger partial charge in [-0.05, 0) is 5.92 Å². The molecule has 0 aliphatic carbocycles. The van der Waals surface area contributed by atoms with Gasteiger partial charge in [0.1, 0.15) is 6.10 Å². The molecule has 0 amide bonds. The Morgan fingerprint density at radius 1 is 1.08 bits per heavy atom. The first-order valence-electron chi connectivity index (χ1n) is 4.27. The van der Waals surface area contributed by atoms with Gasteiger partial charge in [0.25, 0.3) is 0 Å². The van der Waals surface area contributed by atoms with Crippen molar-refractivity contribution in [3.8, 4) is 0 Å². The van der Waals surface area contributed by atoms with E-state index in [9.17, 15) is 15.0 Å². The van der Waals surface area contributed by atoms with E-state index in [2.05, 4.69) is 0 Å². The molecule has 0 spiro atoms. The Morgan fingerprint density at radius 2 is 1.50 bits per heavy atom. The lowest BCUT2D eigenvalue weighted by Gasteiger charge is -2.21. The van der Waals surface area contributed by atoms with Crippen LogP contribution in [0.1, 0.15) is 27.7 Å². The van der Waals surface area contributed by atoms with Crippen LogP contribution in [0.3, 0.4) is 0 Å². The van der Waals surface area contributed by atoms with Gasteiger partial charge in [-0.15, -0.1) is 0 Å². The zero-order chi connectivity index (χ0) is 9.89.